The third-order valence-corrected chi connectivity index (χ3v) is 4.76. The number of aliphatic hydroxyl groups excluding tert-OH is 1. The number of hydrogen-bond donors (Lipinski definition) is 2. The van der Waals surface area contributed by atoms with Gasteiger partial charge in [-0.15, -0.1) is 0 Å². The predicted molar refractivity (Wildman–Crippen MR) is 84.8 cm³/mol. The van der Waals surface area contributed by atoms with Crippen LogP contribution in [0.2, 0.25) is 0 Å². The average molecular weight is 275 g/mol. The first-order valence-electron chi connectivity index (χ1n) is 7.78. The Kier molecular flexibility index (Phi) is 4.55. The molecular formula is C18H29NO. The van der Waals surface area contributed by atoms with Gasteiger partial charge in [-0.2, -0.15) is 0 Å². The van der Waals surface area contributed by atoms with E-state index in [-0.39, 0.29) is 17.4 Å². The molecule has 0 aromatic heterocycles. The summed E-state index contributed by atoms with van der Waals surface area (Å²) in [4.78, 5) is 0. The van der Waals surface area contributed by atoms with Gasteiger partial charge in [0, 0.05) is 19.2 Å². The molecule has 0 spiro atoms. The van der Waals surface area contributed by atoms with Crippen molar-refractivity contribution in [3.05, 3.63) is 35.4 Å². The first-order valence-corrected chi connectivity index (χ1v) is 7.78. The van der Waals surface area contributed by atoms with Gasteiger partial charge < -0.3 is 10.4 Å². The molecule has 0 aliphatic heterocycles. The highest BCUT2D eigenvalue weighted by Gasteiger charge is 2.36. The third-order valence-electron chi connectivity index (χ3n) is 4.76. The molecule has 2 nitrogen and oxygen atoms in total. The normalized spacial score (nSPS) is 21.6. The van der Waals surface area contributed by atoms with Gasteiger partial charge in [-0.3, -0.25) is 0 Å². The highest BCUT2D eigenvalue weighted by atomic mass is 16.3. The standard InChI is InChI=1S/C18H29NO/c1-17(2,11-12-20)13-19-16-15-8-6-5-7-14(15)9-10-18(16,3)4/h5-8,16,19-20H,9-13H2,1-4H3. The van der Waals surface area contributed by atoms with Crippen molar-refractivity contribution in [1.82, 2.24) is 5.32 Å². The van der Waals surface area contributed by atoms with Crippen LogP contribution >= 0.6 is 0 Å². The summed E-state index contributed by atoms with van der Waals surface area (Å²) >= 11 is 0. The molecule has 2 heteroatoms. The van der Waals surface area contributed by atoms with Crippen molar-refractivity contribution in [3.63, 3.8) is 0 Å². The lowest BCUT2D eigenvalue weighted by Gasteiger charge is -2.42. The molecule has 1 atom stereocenters. The topological polar surface area (TPSA) is 32.3 Å². The van der Waals surface area contributed by atoms with Crippen LogP contribution in [0, 0.1) is 10.8 Å². The molecule has 1 aromatic carbocycles. The van der Waals surface area contributed by atoms with Crippen LogP contribution in [0.15, 0.2) is 24.3 Å². The van der Waals surface area contributed by atoms with Crippen molar-refractivity contribution < 1.29 is 5.11 Å². The van der Waals surface area contributed by atoms with Gasteiger partial charge in [0.05, 0.1) is 0 Å². The summed E-state index contributed by atoms with van der Waals surface area (Å²) in [5.41, 5.74) is 3.37. The Morgan fingerprint density at radius 1 is 1.30 bits per heavy atom. The van der Waals surface area contributed by atoms with Crippen LogP contribution in [0.5, 0.6) is 0 Å². The number of nitrogens with one attached hydrogen (secondary N) is 1. The summed E-state index contributed by atoms with van der Waals surface area (Å²) in [5, 5.41) is 13.0. The molecule has 20 heavy (non-hydrogen) atoms. The van der Waals surface area contributed by atoms with E-state index in [0.29, 0.717) is 6.04 Å². The fraction of sp³-hybridized carbons (Fsp3) is 0.667. The number of aliphatic hydroxyl groups is 1. The van der Waals surface area contributed by atoms with Gasteiger partial charge in [0.2, 0.25) is 0 Å². The minimum absolute atomic E-state index is 0.136. The fourth-order valence-electron chi connectivity index (χ4n) is 3.22. The van der Waals surface area contributed by atoms with E-state index in [2.05, 4.69) is 57.3 Å². The Morgan fingerprint density at radius 2 is 2.00 bits per heavy atom. The van der Waals surface area contributed by atoms with Crippen LogP contribution in [0.4, 0.5) is 0 Å². The highest BCUT2D eigenvalue weighted by Crippen LogP contribution is 2.43. The molecule has 0 saturated heterocycles. The van der Waals surface area contributed by atoms with E-state index in [1.54, 1.807) is 0 Å². The second-order valence-electron chi connectivity index (χ2n) is 7.64. The van der Waals surface area contributed by atoms with E-state index in [4.69, 9.17) is 0 Å². The van der Waals surface area contributed by atoms with Gasteiger partial charge in [0.15, 0.2) is 0 Å². The number of fused-ring (bicyclic) bond motifs is 1. The number of hydrogen-bond acceptors (Lipinski definition) is 2. The van der Waals surface area contributed by atoms with Crippen molar-refractivity contribution >= 4 is 0 Å². The summed E-state index contributed by atoms with van der Waals surface area (Å²) < 4.78 is 0. The summed E-state index contributed by atoms with van der Waals surface area (Å²) in [5.74, 6) is 0. The molecule has 0 radical (unpaired) electrons. The van der Waals surface area contributed by atoms with Crippen LogP contribution in [-0.2, 0) is 6.42 Å². The van der Waals surface area contributed by atoms with Gasteiger partial charge >= 0.3 is 0 Å². The fourth-order valence-corrected chi connectivity index (χ4v) is 3.22. The zero-order valence-corrected chi connectivity index (χ0v) is 13.4. The van der Waals surface area contributed by atoms with Gasteiger partial charge in [-0.1, -0.05) is 52.0 Å². The van der Waals surface area contributed by atoms with Crippen LogP contribution in [0.25, 0.3) is 0 Å². The molecule has 1 aromatic rings. The summed E-state index contributed by atoms with van der Waals surface area (Å²) in [6, 6.07) is 9.23. The lowest BCUT2D eigenvalue weighted by Crippen LogP contribution is -2.42. The highest BCUT2D eigenvalue weighted by molar-refractivity contribution is 5.34. The Hall–Kier alpha value is -0.860. The SMILES string of the molecule is CC(C)(CCO)CNC1c2ccccc2CCC1(C)C. The first-order chi connectivity index (χ1) is 9.36. The molecular weight excluding hydrogens is 246 g/mol. The largest absolute Gasteiger partial charge is 0.396 e. The quantitative estimate of drug-likeness (QED) is 0.859. The van der Waals surface area contributed by atoms with Gasteiger partial charge in [0.1, 0.15) is 0 Å². The molecule has 0 amide bonds. The second-order valence-corrected chi connectivity index (χ2v) is 7.64. The summed E-state index contributed by atoms with van der Waals surface area (Å²) in [6.07, 6.45) is 3.25. The molecule has 1 unspecified atom stereocenters. The number of rotatable bonds is 5. The molecule has 0 fully saturated rings. The second kappa shape index (κ2) is 5.87. The molecule has 112 valence electrons. The van der Waals surface area contributed by atoms with Crippen LogP contribution < -0.4 is 5.32 Å². The Bertz CT molecular complexity index is 450. The molecule has 2 N–H and O–H groups in total. The molecule has 0 bridgehead atoms. The molecule has 2 rings (SSSR count). The Labute approximate surface area is 123 Å². The van der Waals surface area contributed by atoms with E-state index in [1.165, 1.54) is 24.0 Å². The lowest BCUT2D eigenvalue weighted by atomic mass is 9.70. The zero-order valence-electron chi connectivity index (χ0n) is 13.4. The van der Waals surface area contributed by atoms with Crippen molar-refractivity contribution in [2.45, 2.75) is 53.0 Å². The number of benzene rings is 1. The summed E-state index contributed by atoms with van der Waals surface area (Å²) in [6.45, 7) is 10.4. The van der Waals surface area contributed by atoms with Crippen LogP contribution in [0.3, 0.4) is 0 Å². The maximum absolute atomic E-state index is 9.17. The smallest absolute Gasteiger partial charge is 0.0436 e. The maximum Gasteiger partial charge on any atom is 0.0436 e. The zero-order chi connectivity index (χ0) is 14.8. The van der Waals surface area contributed by atoms with Crippen molar-refractivity contribution in [3.8, 4) is 0 Å². The van der Waals surface area contributed by atoms with E-state index in [0.717, 1.165) is 13.0 Å². The molecule has 0 saturated carbocycles. The minimum Gasteiger partial charge on any atom is -0.396 e. The van der Waals surface area contributed by atoms with Gasteiger partial charge in [-0.25, -0.2) is 0 Å². The average Bonchev–Trinajstić information content (AvgIpc) is 2.37. The summed E-state index contributed by atoms with van der Waals surface area (Å²) in [7, 11) is 0. The molecule has 1 aliphatic rings. The Balaban J connectivity index is 2.16. The van der Waals surface area contributed by atoms with E-state index in [9.17, 15) is 5.11 Å². The van der Waals surface area contributed by atoms with Gasteiger partial charge in [-0.05, 0) is 41.2 Å². The maximum atomic E-state index is 9.17. The van der Waals surface area contributed by atoms with Crippen LogP contribution in [0.1, 0.15) is 57.7 Å². The minimum atomic E-state index is 0.136. The van der Waals surface area contributed by atoms with E-state index >= 15 is 0 Å². The lowest BCUT2D eigenvalue weighted by molar-refractivity contribution is 0.164. The number of aryl methyl sites for hydroxylation is 1. The predicted octanol–water partition coefficient (Wildman–Crippen LogP) is 3.70. The van der Waals surface area contributed by atoms with E-state index in [1.807, 2.05) is 0 Å². The van der Waals surface area contributed by atoms with Gasteiger partial charge in [0.25, 0.3) is 0 Å². The van der Waals surface area contributed by atoms with Crippen molar-refractivity contribution in [1.29, 1.82) is 0 Å². The van der Waals surface area contributed by atoms with Crippen LogP contribution in [-0.4, -0.2) is 18.3 Å². The molecule has 1 aliphatic carbocycles. The molecule has 0 heterocycles. The first kappa shape index (κ1) is 15.5. The van der Waals surface area contributed by atoms with Crippen molar-refractivity contribution in [2.75, 3.05) is 13.2 Å². The van der Waals surface area contributed by atoms with Crippen molar-refractivity contribution in [2.24, 2.45) is 10.8 Å². The third kappa shape index (κ3) is 3.42. The van der Waals surface area contributed by atoms with E-state index < -0.39 is 0 Å². The monoisotopic (exact) mass is 275 g/mol. The Morgan fingerprint density at radius 3 is 2.70 bits per heavy atom.